The van der Waals surface area contributed by atoms with Crippen LogP contribution in [0.3, 0.4) is 0 Å². The number of hydrogen-bond donors (Lipinski definition) is 1. The number of benzene rings is 1. The minimum Gasteiger partial charge on any atom is -0.478 e. The lowest BCUT2D eigenvalue weighted by atomic mass is 9.98. The van der Waals surface area contributed by atoms with Gasteiger partial charge in [-0.15, -0.1) is 0 Å². The summed E-state index contributed by atoms with van der Waals surface area (Å²) in [6.45, 7) is 5.64. The summed E-state index contributed by atoms with van der Waals surface area (Å²) in [4.78, 5) is 11.5. The monoisotopic (exact) mass is 243 g/mol. The van der Waals surface area contributed by atoms with E-state index < -0.39 is 5.97 Å². The fraction of sp³-hybridized carbons (Fsp3) is 0.267. The molecule has 18 heavy (non-hydrogen) atoms. The maximum atomic E-state index is 11.5. The zero-order chi connectivity index (χ0) is 13.4. The van der Waals surface area contributed by atoms with E-state index in [1.165, 1.54) is 0 Å². The van der Waals surface area contributed by atoms with Crippen molar-refractivity contribution in [1.29, 1.82) is 0 Å². The number of rotatable bonds is 2. The second-order valence-electron chi connectivity index (χ2n) is 4.72. The van der Waals surface area contributed by atoms with Crippen LogP contribution in [0, 0.1) is 6.92 Å². The molecule has 0 amide bonds. The molecule has 2 rings (SSSR count). The molecular formula is C15H17NO2. The summed E-state index contributed by atoms with van der Waals surface area (Å²) in [7, 11) is 1.96. The standard InChI is InChI=1S/C15H17NO2/c1-9(2)13(15(17)18)14-10(3)16(4)12-8-6-5-7-11(12)14/h5-8H,1-4H3,(H,17,18). The molecule has 1 aromatic carbocycles. The first kappa shape index (κ1) is 12.4. The Labute approximate surface area is 106 Å². The number of aryl methyl sites for hydroxylation is 1. The van der Waals surface area contributed by atoms with Gasteiger partial charge in [-0.2, -0.15) is 0 Å². The van der Waals surface area contributed by atoms with Crippen LogP contribution in [0.25, 0.3) is 16.5 Å². The normalized spacial score (nSPS) is 10.7. The molecule has 0 aliphatic heterocycles. The molecule has 3 nitrogen and oxygen atoms in total. The fourth-order valence-electron chi connectivity index (χ4n) is 2.41. The molecule has 2 aromatic rings. The molecule has 94 valence electrons. The Balaban J connectivity index is 2.91. The summed E-state index contributed by atoms with van der Waals surface area (Å²) < 4.78 is 2.04. The van der Waals surface area contributed by atoms with Gasteiger partial charge >= 0.3 is 5.97 Å². The number of para-hydroxylation sites is 1. The van der Waals surface area contributed by atoms with Crippen LogP contribution in [0.15, 0.2) is 29.8 Å². The molecule has 0 aliphatic rings. The minimum atomic E-state index is -0.866. The third-order valence-corrected chi connectivity index (χ3v) is 3.36. The molecule has 1 aromatic heterocycles. The number of carboxylic acid groups (broad SMARTS) is 1. The quantitative estimate of drug-likeness (QED) is 0.822. The zero-order valence-electron chi connectivity index (χ0n) is 11.1. The van der Waals surface area contributed by atoms with Crippen LogP contribution < -0.4 is 0 Å². The lowest BCUT2D eigenvalue weighted by Crippen LogP contribution is -2.03. The lowest BCUT2D eigenvalue weighted by Gasteiger charge is -2.06. The van der Waals surface area contributed by atoms with E-state index in [1.54, 1.807) is 0 Å². The molecule has 1 heterocycles. The third-order valence-electron chi connectivity index (χ3n) is 3.36. The van der Waals surface area contributed by atoms with E-state index in [1.807, 2.05) is 56.7 Å². The highest BCUT2D eigenvalue weighted by Crippen LogP contribution is 2.32. The Morgan fingerprint density at radius 2 is 1.83 bits per heavy atom. The highest BCUT2D eigenvalue weighted by Gasteiger charge is 2.20. The van der Waals surface area contributed by atoms with E-state index in [9.17, 15) is 9.90 Å². The third kappa shape index (κ3) is 1.72. The minimum absolute atomic E-state index is 0.407. The van der Waals surface area contributed by atoms with Crippen molar-refractivity contribution in [3.8, 4) is 0 Å². The first-order valence-electron chi connectivity index (χ1n) is 5.90. The van der Waals surface area contributed by atoms with Gasteiger partial charge in [0.05, 0.1) is 5.57 Å². The van der Waals surface area contributed by atoms with Gasteiger partial charge in [-0.25, -0.2) is 4.79 Å². The number of nitrogens with zero attached hydrogens (tertiary/aromatic N) is 1. The smallest absolute Gasteiger partial charge is 0.336 e. The summed E-state index contributed by atoms with van der Waals surface area (Å²) in [6.07, 6.45) is 0. The van der Waals surface area contributed by atoms with E-state index in [0.29, 0.717) is 5.57 Å². The largest absolute Gasteiger partial charge is 0.478 e. The second kappa shape index (κ2) is 4.33. The van der Waals surface area contributed by atoms with Gasteiger partial charge in [0.15, 0.2) is 0 Å². The Hall–Kier alpha value is -2.03. The summed E-state index contributed by atoms with van der Waals surface area (Å²) in [5, 5.41) is 10.4. The van der Waals surface area contributed by atoms with Gasteiger partial charge in [0.25, 0.3) is 0 Å². The Morgan fingerprint density at radius 1 is 1.22 bits per heavy atom. The number of carbonyl (C=O) groups is 1. The average molecular weight is 243 g/mol. The Kier molecular flexibility index (Phi) is 2.99. The number of carboxylic acids is 1. The van der Waals surface area contributed by atoms with Crippen molar-refractivity contribution < 1.29 is 9.90 Å². The highest BCUT2D eigenvalue weighted by molar-refractivity contribution is 6.20. The fourth-order valence-corrected chi connectivity index (χ4v) is 2.41. The maximum Gasteiger partial charge on any atom is 0.336 e. The number of aromatic nitrogens is 1. The maximum absolute atomic E-state index is 11.5. The molecule has 0 aliphatic carbocycles. The number of fused-ring (bicyclic) bond motifs is 1. The lowest BCUT2D eigenvalue weighted by molar-refractivity contribution is -0.130. The SMILES string of the molecule is CC(C)=C(C(=O)O)c1c(C)n(C)c2ccccc12. The molecule has 0 saturated heterocycles. The van der Waals surface area contributed by atoms with Crippen molar-refractivity contribution in [2.45, 2.75) is 20.8 Å². The predicted octanol–water partition coefficient (Wildman–Crippen LogP) is 3.36. The van der Waals surface area contributed by atoms with Crippen LogP contribution in [0.4, 0.5) is 0 Å². The summed E-state index contributed by atoms with van der Waals surface area (Å²) >= 11 is 0. The van der Waals surface area contributed by atoms with E-state index in [2.05, 4.69) is 0 Å². The van der Waals surface area contributed by atoms with Gasteiger partial charge < -0.3 is 9.67 Å². The van der Waals surface area contributed by atoms with Crippen LogP contribution >= 0.6 is 0 Å². The van der Waals surface area contributed by atoms with Crippen LogP contribution in [0.2, 0.25) is 0 Å². The molecule has 0 saturated carbocycles. The van der Waals surface area contributed by atoms with Crippen LogP contribution in [-0.2, 0) is 11.8 Å². The van der Waals surface area contributed by atoms with Gasteiger partial charge in [-0.05, 0) is 26.8 Å². The van der Waals surface area contributed by atoms with Crippen LogP contribution in [-0.4, -0.2) is 15.6 Å². The van der Waals surface area contributed by atoms with Crippen molar-refractivity contribution in [2.24, 2.45) is 7.05 Å². The average Bonchev–Trinajstić information content (AvgIpc) is 2.55. The molecule has 0 spiro atoms. The molecule has 0 bridgehead atoms. The Bertz CT molecular complexity index is 658. The first-order valence-corrected chi connectivity index (χ1v) is 5.90. The van der Waals surface area contributed by atoms with E-state index >= 15 is 0 Å². The second-order valence-corrected chi connectivity index (χ2v) is 4.72. The van der Waals surface area contributed by atoms with Gasteiger partial charge in [0.1, 0.15) is 0 Å². The number of hydrogen-bond acceptors (Lipinski definition) is 1. The molecule has 1 N–H and O–H groups in total. The van der Waals surface area contributed by atoms with E-state index in [0.717, 1.165) is 27.7 Å². The summed E-state index contributed by atoms with van der Waals surface area (Å²) in [5.74, 6) is -0.866. The summed E-state index contributed by atoms with van der Waals surface area (Å²) in [5.41, 5.74) is 4.10. The molecule has 0 radical (unpaired) electrons. The predicted molar refractivity (Wildman–Crippen MR) is 73.6 cm³/mol. The van der Waals surface area contributed by atoms with Crippen LogP contribution in [0.1, 0.15) is 25.1 Å². The van der Waals surface area contributed by atoms with Crippen molar-refractivity contribution in [3.05, 3.63) is 41.1 Å². The highest BCUT2D eigenvalue weighted by atomic mass is 16.4. The van der Waals surface area contributed by atoms with Gasteiger partial charge in [0, 0.05) is 29.2 Å². The van der Waals surface area contributed by atoms with Crippen molar-refractivity contribution >= 4 is 22.4 Å². The van der Waals surface area contributed by atoms with E-state index in [4.69, 9.17) is 0 Å². The Morgan fingerprint density at radius 3 is 2.39 bits per heavy atom. The van der Waals surface area contributed by atoms with E-state index in [-0.39, 0.29) is 0 Å². The zero-order valence-corrected chi connectivity index (χ0v) is 11.1. The van der Waals surface area contributed by atoms with Gasteiger partial charge in [-0.1, -0.05) is 23.8 Å². The number of allylic oxidation sites excluding steroid dienone is 1. The van der Waals surface area contributed by atoms with Crippen molar-refractivity contribution in [3.63, 3.8) is 0 Å². The summed E-state index contributed by atoms with van der Waals surface area (Å²) in [6, 6.07) is 7.89. The molecule has 0 fully saturated rings. The molecular weight excluding hydrogens is 226 g/mol. The molecule has 0 atom stereocenters. The topological polar surface area (TPSA) is 42.2 Å². The van der Waals surface area contributed by atoms with Crippen molar-refractivity contribution in [1.82, 2.24) is 4.57 Å². The van der Waals surface area contributed by atoms with Gasteiger partial charge in [0.2, 0.25) is 0 Å². The molecule has 0 unspecified atom stereocenters. The number of aliphatic carboxylic acids is 1. The molecule has 3 heteroatoms. The van der Waals surface area contributed by atoms with Gasteiger partial charge in [-0.3, -0.25) is 0 Å². The van der Waals surface area contributed by atoms with Crippen molar-refractivity contribution in [2.75, 3.05) is 0 Å². The first-order chi connectivity index (χ1) is 8.45. The van der Waals surface area contributed by atoms with Crippen LogP contribution in [0.5, 0.6) is 0 Å².